The molecule has 1 saturated carbocycles. The fraction of sp³-hybridized carbons (Fsp3) is 0.778. The van der Waals surface area contributed by atoms with Gasteiger partial charge in [-0.1, -0.05) is 15.9 Å². The summed E-state index contributed by atoms with van der Waals surface area (Å²) in [5.74, 6) is -0.0676. The topological polar surface area (TPSA) is 43.4 Å². The average molecular weight is 249 g/mol. The van der Waals surface area contributed by atoms with Crippen LogP contribution in [0.3, 0.4) is 0 Å². The number of hydrogen-bond donors (Lipinski definition) is 0. The molecule has 74 valence electrons. The quantitative estimate of drug-likeness (QED) is 0.552. The number of Topliss-reactive ketones (excluding diaryl/α,β-unsaturated/α-hetero) is 1. The molecule has 13 heavy (non-hydrogen) atoms. The van der Waals surface area contributed by atoms with Crippen molar-refractivity contribution in [3.63, 3.8) is 0 Å². The van der Waals surface area contributed by atoms with Gasteiger partial charge in [-0.05, 0) is 19.8 Å². The fourth-order valence-electron chi connectivity index (χ4n) is 1.45. The van der Waals surface area contributed by atoms with E-state index < -0.39 is 0 Å². The number of alkyl halides is 1. The molecular weight excluding hydrogens is 236 g/mol. The Morgan fingerprint density at radius 1 is 1.69 bits per heavy atom. The molecule has 0 aliphatic heterocycles. The summed E-state index contributed by atoms with van der Waals surface area (Å²) in [6, 6.07) is 0. The molecule has 0 saturated heterocycles. The Hall–Kier alpha value is -0.380. The van der Waals surface area contributed by atoms with Crippen LogP contribution in [-0.4, -0.2) is 23.2 Å². The summed E-state index contributed by atoms with van der Waals surface area (Å²) in [6.07, 6.45) is 1.71. The number of rotatable bonds is 2. The first-order valence-corrected chi connectivity index (χ1v) is 5.40. The van der Waals surface area contributed by atoms with Crippen LogP contribution in [0.15, 0.2) is 0 Å². The highest BCUT2D eigenvalue weighted by Crippen LogP contribution is 2.27. The molecule has 1 fully saturated rings. The van der Waals surface area contributed by atoms with E-state index in [-0.39, 0.29) is 22.5 Å². The highest BCUT2D eigenvalue weighted by Gasteiger charge is 2.31. The standard InChI is InChI=1S/C9H13BrO3/c1-2-13-9(12)6-3-4-8(11)7(10)5-6/h6-7H,2-5H2,1H3/t6-,7-/m1/s1. The molecule has 0 aromatic heterocycles. The minimum absolute atomic E-state index is 0.0953. The second-order valence-electron chi connectivity index (χ2n) is 3.16. The average Bonchev–Trinajstić information content (AvgIpc) is 2.10. The van der Waals surface area contributed by atoms with Crippen LogP contribution in [0, 0.1) is 5.92 Å². The van der Waals surface area contributed by atoms with Crippen molar-refractivity contribution in [3.05, 3.63) is 0 Å². The van der Waals surface area contributed by atoms with Crippen LogP contribution < -0.4 is 0 Å². The molecule has 0 N–H and O–H groups in total. The largest absolute Gasteiger partial charge is 0.466 e. The summed E-state index contributed by atoms with van der Waals surface area (Å²) >= 11 is 3.26. The first-order chi connectivity index (χ1) is 6.15. The number of halogens is 1. The van der Waals surface area contributed by atoms with Crippen LogP contribution in [0.4, 0.5) is 0 Å². The number of hydrogen-bond acceptors (Lipinski definition) is 3. The zero-order valence-corrected chi connectivity index (χ0v) is 9.17. The van der Waals surface area contributed by atoms with E-state index in [2.05, 4.69) is 15.9 Å². The molecule has 0 aromatic rings. The number of carbonyl (C=O) groups excluding carboxylic acids is 2. The molecule has 2 atom stereocenters. The van der Waals surface area contributed by atoms with Gasteiger partial charge in [-0.25, -0.2) is 0 Å². The fourth-order valence-corrected chi connectivity index (χ4v) is 2.13. The van der Waals surface area contributed by atoms with E-state index in [0.29, 0.717) is 25.9 Å². The molecule has 0 spiro atoms. The van der Waals surface area contributed by atoms with Gasteiger partial charge in [-0.2, -0.15) is 0 Å². The highest BCUT2D eigenvalue weighted by molar-refractivity contribution is 9.10. The Morgan fingerprint density at radius 3 is 2.92 bits per heavy atom. The Morgan fingerprint density at radius 2 is 2.38 bits per heavy atom. The molecule has 0 aromatic carbocycles. The van der Waals surface area contributed by atoms with Gasteiger partial charge < -0.3 is 4.74 Å². The molecule has 0 amide bonds. The molecule has 3 nitrogen and oxygen atoms in total. The first-order valence-electron chi connectivity index (χ1n) is 4.48. The molecule has 0 heterocycles. The summed E-state index contributed by atoms with van der Waals surface area (Å²) in [5.41, 5.74) is 0. The second kappa shape index (κ2) is 4.74. The van der Waals surface area contributed by atoms with Crippen molar-refractivity contribution >= 4 is 27.7 Å². The summed E-state index contributed by atoms with van der Waals surface area (Å²) in [6.45, 7) is 2.20. The van der Waals surface area contributed by atoms with Crippen LogP contribution in [0.2, 0.25) is 0 Å². The van der Waals surface area contributed by atoms with Crippen molar-refractivity contribution in [2.75, 3.05) is 6.61 Å². The summed E-state index contributed by atoms with van der Waals surface area (Å²) < 4.78 is 4.89. The molecule has 4 heteroatoms. The van der Waals surface area contributed by atoms with Gasteiger partial charge in [0, 0.05) is 6.42 Å². The Balaban J connectivity index is 2.45. The van der Waals surface area contributed by atoms with Gasteiger partial charge in [0.25, 0.3) is 0 Å². The van der Waals surface area contributed by atoms with Gasteiger partial charge in [-0.3, -0.25) is 9.59 Å². The van der Waals surface area contributed by atoms with E-state index >= 15 is 0 Å². The number of esters is 1. The van der Waals surface area contributed by atoms with Crippen LogP contribution in [0.1, 0.15) is 26.2 Å². The zero-order chi connectivity index (χ0) is 9.84. The predicted molar refractivity (Wildman–Crippen MR) is 51.7 cm³/mol. The number of carbonyl (C=O) groups is 2. The van der Waals surface area contributed by atoms with Crippen molar-refractivity contribution in [3.8, 4) is 0 Å². The summed E-state index contributed by atoms with van der Waals surface area (Å²) in [4.78, 5) is 22.3. The minimum Gasteiger partial charge on any atom is -0.466 e. The molecule has 1 rings (SSSR count). The zero-order valence-electron chi connectivity index (χ0n) is 7.59. The van der Waals surface area contributed by atoms with E-state index in [0.717, 1.165) is 0 Å². The number of ether oxygens (including phenoxy) is 1. The second-order valence-corrected chi connectivity index (χ2v) is 4.26. The third-order valence-corrected chi connectivity index (χ3v) is 3.08. The molecule has 0 unspecified atom stereocenters. The lowest BCUT2D eigenvalue weighted by Crippen LogP contribution is -2.30. The van der Waals surface area contributed by atoms with Crippen molar-refractivity contribution in [2.24, 2.45) is 5.92 Å². The summed E-state index contributed by atoms with van der Waals surface area (Å²) in [7, 11) is 0. The van der Waals surface area contributed by atoms with E-state index in [1.165, 1.54) is 0 Å². The normalized spacial score (nSPS) is 28.6. The lowest BCUT2D eigenvalue weighted by atomic mass is 9.88. The lowest BCUT2D eigenvalue weighted by molar-refractivity contribution is -0.149. The van der Waals surface area contributed by atoms with Crippen LogP contribution in [0.5, 0.6) is 0 Å². The third kappa shape index (κ3) is 2.79. The van der Waals surface area contributed by atoms with Gasteiger partial charge in [0.2, 0.25) is 0 Å². The Bertz CT molecular complexity index is 215. The molecule has 1 aliphatic carbocycles. The number of ketones is 1. The van der Waals surface area contributed by atoms with Crippen molar-refractivity contribution in [1.29, 1.82) is 0 Å². The maximum absolute atomic E-state index is 11.3. The maximum Gasteiger partial charge on any atom is 0.308 e. The van der Waals surface area contributed by atoms with E-state index in [1.807, 2.05) is 0 Å². The van der Waals surface area contributed by atoms with Crippen LogP contribution >= 0.6 is 15.9 Å². The van der Waals surface area contributed by atoms with Crippen molar-refractivity contribution in [1.82, 2.24) is 0 Å². The van der Waals surface area contributed by atoms with Crippen molar-refractivity contribution in [2.45, 2.75) is 31.0 Å². The SMILES string of the molecule is CCOC(=O)[C@@H]1CCC(=O)[C@H](Br)C1. The Kier molecular flexibility index (Phi) is 3.90. The van der Waals surface area contributed by atoms with E-state index in [1.54, 1.807) is 6.92 Å². The lowest BCUT2D eigenvalue weighted by Gasteiger charge is -2.22. The molecular formula is C9H13BrO3. The Labute approximate surface area is 86.0 Å². The van der Waals surface area contributed by atoms with Gasteiger partial charge >= 0.3 is 5.97 Å². The van der Waals surface area contributed by atoms with E-state index in [9.17, 15) is 9.59 Å². The van der Waals surface area contributed by atoms with Crippen LogP contribution in [0.25, 0.3) is 0 Å². The molecule has 0 bridgehead atoms. The first kappa shape index (κ1) is 10.7. The smallest absolute Gasteiger partial charge is 0.308 e. The van der Waals surface area contributed by atoms with Gasteiger partial charge in [-0.15, -0.1) is 0 Å². The third-order valence-electron chi connectivity index (χ3n) is 2.20. The maximum atomic E-state index is 11.3. The highest BCUT2D eigenvalue weighted by atomic mass is 79.9. The molecule has 1 aliphatic rings. The molecule has 0 radical (unpaired) electrons. The minimum atomic E-state index is -0.167. The van der Waals surface area contributed by atoms with Gasteiger partial charge in [0.1, 0.15) is 5.78 Å². The predicted octanol–water partition coefficient (Wildman–Crippen LogP) is 1.68. The monoisotopic (exact) mass is 248 g/mol. The van der Waals surface area contributed by atoms with Gasteiger partial charge in [0.15, 0.2) is 0 Å². The van der Waals surface area contributed by atoms with Crippen LogP contribution in [-0.2, 0) is 14.3 Å². The van der Waals surface area contributed by atoms with Crippen molar-refractivity contribution < 1.29 is 14.3 Å². The van der Waals surface area contributed by atoms with Gasteiger partial charge in [0.05, 0.1) is 17.4 Å². The summed E-state index contributed by atoms with van der Waals surface area (Å²) in [5, 5.41) is 0. The van der Waals surface area contributed by atoms with E-state index in [4.69, 9.17) is 4.74 Å².